The van der Waals surface area contributed by atoms with E-state index in [2.05, 4.69) is 10.3 Å². The fourth-order valence-corrected chi connectivity index (χ4v) is 2.29. The summed E-state index contributed by atoms with van der Waals surface area (Å²) in [5, 5.41) is 11.7. The molecule has 0 bridgehead atoms. The highest BCUT2D eigenvalue weighted by Gasteiger charge is 2.18. The Hall–Kier alpha value is -2.89. The smallest absolute Gasteiger partial charge is 0.317 e. The molecule has 1 heterocycles. The molecule has 0 radical (unpaired) electrons. The molecule has 2 rings (SSSR count). The van der Waals surface area contributed by atoms with Crippen LogP contribution in [0.4, 0.5) is 4.79 Å². The normalized spacial score (nSPS) is 11.5. The molecular weight excluding hydrogens is 306 g/mol. The number of nitrogens with one attached hydrogen (secondary N) is 1. The molecule has 2 N–H and O–H groups in total. The lowest BCUT2D eigenvalue weighted by Crippen LogP contribution is -2.41. The molecule has 1 aromatic carbocycles. The number of hydrogen-bond donors (Lipinski definition) is 2. The number of urea groups is 1. The first-order valence-corrected chi connectivity index (χ1v) is 7.74. The SMILES string of the molecule is CN(CCC(=O)O)C(=O)NC(Cc1ccccn1)c1ccccc1. The molecule has 2 amide bonds. The van der Waals surface area contributed by atoms with Crippen LogP contribution in [0.5, 0.6) is 0 Å². The van der Waals surface area contributed by atoms with Gasteiger partial charge in [0.2, 0.25) is 0 Å². The Morgan fingerprint density at radius 1 is 1.17 bits per heavy atom. The summed E-state index contributed by atoms with van der Waals surface area (Å²) >= 11 is 0. The van der Waals surface area contributed by atoms with Crippen molar-refractivity contribution in [3.8, 4) is 0 Å². The summed E-state index contributed by atoms with van der Waals surface area (Å²) in [6.45, 7) is 0.159. The Morgan fingerprint density at radius 2 is 1.88 bits per heavy atom. The quantitative estimate of drug-likeness (QED) is 0.818. The standard InChI is InChI=1S/C18H21N3O3/c1-21(12-10-17(22)23)18(24)20-16(14-7-3-2-4-8-14)13-15-9-5-6-11-19-15/h2-9,11,16H,10,12-13H2,1H3,(H,20,24)(H,22,23). The highest BCUT2D eigenvalue weighted by molar-refractivity contribution is 5.75. The van der Waals surface area contributed by atoms with Crippen LogP contribution in [0, 0.1) is 0 Å². The second-order valence-electron chi connectivity index (χ2n) is 5.50. The number of carbonyl (C=O) groups excluding carboxylic acids is 1. The van der Waals surface area contributed by atoms with Gasteiger partial charge in [-0.05, 0) is 17.7 Å². The maximum atomic E-state index is 12.3. The Labute approximate surface area is 141 Å². The number of benzene rings is 1. The van der Waals surface area contributed by atoms with Gasteiger partial charge in [0.15, 0.2) is 0 Å². The van der Waals surface area contributed by atoms with Gasteiger partial charge in [0, 0.05) is 31.9 Å². The fourth-order valence-electron chi connectivity index (χ4n) is 2.29. The van der Waals surface area contributed by atoms with Crippen molar-refractivity contribution in [3.05, 3.63) is 66.0 Å². The van der Waals surface area contributed by atoms with Crippen LogP contribution in [0.2, 0.25) is 0 Å². The van der Waals surface area contributed by atoms with Gasteiger partial charge in [-0.25, -0.2) is 4.79 Å². The molecule has 1 atom stereocenters. The summed E-state index contributed by atoms with van der Waals surface area (Å²) in [7, 11) is 1.58. The lowest BCUT2D eigenvalue weighted by Gasteiger charge is -2.23. The monoisotopic (exact) mass is 327 g/mol. The fraction of sp³-hybridized carbons (Fsp3) is 0.278. The van der Waals surface area contributed by atoms with Crippen molar-refractivity contribution in [2.24, 2.45) is 0 Å². The van der Waals surface area contributed by atoms with E-state index in [4.69, 9.17) is 5.11 Å². The average molecular weight is 327 g/mol. The molecule has 0 aliphatic heterocycles. The number of nitrogens with zero attached hydrogens (tertiary/aromatic N) is 2. The number of carbonyl (C=O) groups is 2. The van der Waals surface area contributed by atoms with Crippen molar-refractivity contribution < 1.29 is 14.7 Å². The van der Waals surface area contributed by atoms with E-state index in [-0.39, 0.29) is 25.0 Å². The van der Waals surface area contributed by atoms with E-state index < -0.39 is 5.97 Å². The van der Waals surface area contributed by atoms with Gasteiger partial charge in [-0.2, -0.15) is 0 Å². The lowest BCUT2D eigenvalue weighted by molar-refractivity contribution is -0.137. The van der Waals surface area contributed by atoms with Gasteiger partial charge in [0.25, 0.3) is 0 Å². The molecule has 0 saturated heterocycles. The molecule has 126 valence electrons. The molecular formula is C18H21N3O3. The lowest BCUT2D eigenvalue weighted by atomic mass is 10.0. The van der Waals surface area contributed by atoms with Gasteiger partial charge in [0.1, 0.15) is 0 Å². The third-order valence-corrected chi connectivity index (χ3v) is 3.65. The van der Waals surface area contributed by atoms with Crippen LogP contribution >= 0.6 is 0 Å². The molecule has 24 heavy (non-hydrogen) atoms. The van der Waals surface area contributed by atoms with Gasteiger partial charge in [-0.1, -0.05) is 36.4 Å². The number of rotatable bonds is 7. The molecule has 0 aliphatic carbocycles. The van der Waals surface area contributed by atoms with Crippen molar-refractivity contribution in [3.63, 3.8) is 0 Å². The molecule has 6 heteroatoms. The Kier molecular flexibility index (Phi) is 6.31. The van der Waals surface area contributed by atoms with Crippen molar-refractivity contribution in [1.29, 1.82) is 0 Å². The molecule has 0 spiro atoms. The summed E-state index contributed by atoms with van der Waals surface area (Å²) in [5.74, 6) is -0.928. The van der Waals surface area contributed by atoms with Crippen LogP contribution in [0.15, 0.2) is 54.7 Å². The minimum Gasteiger partial charge on any atom is -0.481 e. The first-order chi connectivity index (χ1) is 11.6. The van der Waals surface area contributed by atoms with E-state index in [0.717, 1.165) is 11.3 Å². The zero-order valence-electron chi connectivity index (χ0n) is 13.6. The first-order valence-electron chi connectivity index (χ1n) is 7.74. The Balaban J connectivity index is 2.08. The second-order valence-corrected chi connectivity index (χ2v) is 5.50. The van der Waals surface area contributed by atoms with E-state index in [1.165, 1.54) is 4.90 Å². The van der Waals surface area contributed by atoms with Crippen LogP contribution in [-0.2, 0) is 11.2 Å². The van der Waals surface area contributed by atoms with E-state index in [0.29, 0.717) is 6.42 Å². The number of aliphatic carboxylic acids is 1. The number of carboxylic acid groups (broad SMARTS) is 1. The zero-order chi connectivity index (χ0) is 17.4. The number of pyridine rings is 1. The highest BCUT2D eigenvalue weighted by atomic mass is 16.4. The van der Waals surface area contributed by atoms with E-state index in [1.807, 2.05) is 48.5 Å². The Morgan fingerprint density at radius 3 is 2.50 bits per heavy atom. The van der Waals surface area contributed by atoms with Crippen molar-refractivity contribution in [2.75, 3.05) is 13.6 Å². The largest absolute Gasteiger partial charge is 0.481 e. The van der Waals surface area contributed by atoms with E-state index in [9.17, 15) is 9.59 Å². The van der Waals surface area contributed by atoms with Gasteiger partial charge in [0.05, 0.1) is 12.5 Å². The third-order valence-electron chi connectivity index (χ3n) is 3.65. The van der Waals surface area contributed by atoms with Gasteiger partial charge in [-0.15, -0.1) is 0 Å². The predicted octanol–water partition coefficient (Wildman–Crippen LogP) is 2.48. The van der Waals surface area contributed by atoms with Crippen molar-refractivity contribution in [2.45, 2.75) is 18.9 Å². The molecule has 6 nitrogen and oxygen atoms in total. The first kappa shape index (κ1) is 17.5. The van der Waals surface area contributed by atoms with Gasteiger partial charge in [-0.3, -0.25) is 9.78 Å². The number of amides is 2. The third kappa shape index (κ3) is 5.39. The number of hydrogen-bond acceptors (Lipinski definition) is 3. The van der Waals surface area contributed by atoms with Crippen LogP contribution in [0.25, 0.3) is 0 Å². The maximum absolute atomic E-state index is 12.3. The summed E-state index contributed by atoms with van der Waals surface area (Å²) in [5.41, 5.74) is 1.85. The van der Waals surface area contributed by atoms with Gasteiger partial charge < -0.3 is 15.3 Å². The molecule has 0 saturated carbocycles. The minimum absolute atomic E-state index is 0.0832. The topological polar surface area (TPSA) is 82.5 Å². The highest BCUT2D eigenvalue weighted by Crippen LogP contribution is 2.17. The molecule has 0 aliphatic rings. The summed E-state index contributed by atoms with van der Waals surface area (Å²) < 4.78 is 0. The van der Waals surface area contributed by atoms with Crippen LogP contribution in [0.3, 0.4) is 0 Å². The van der Waals surface area contributed by atoms with E-state index >= 15 is 0 Å². The maximum Gasteiger partial charge on any atom is 0.317 e. The molecule has 1 unspecified atom stereocenters. The Bertz CT molecular complexity index is 662. The predicted molar refractivity (Wildman–Crippen MR) is 90.5 cm³/mol. The second kappa shape index (κ2) is 8.67. The van der Waals surface area contributed by atoms with Crippen molar-refractivity contribution >= 4 is 12.0 Å². The van der Waals surface area contributed by atoms with Gasteiger partial charge >= 0.3 is 12.0 Å². The number of carboxylic acids is 1. The molecule has 0 fully saturated rings. The minimum atomic E-state index is -0.928. The zero-order valence-corrected chi connectivity index (χ0v) is 13.6. The number of aromatic nitrogens is 1. The van der Waals surface area contributed by atoms with Crippen molar-refractivity contribution in [1.82, 2.24) is 15.2 Å². The molecule has 2 aromatic rings. The molecule has 1 aromatic heterocycles. The van der Waals surface area contributed by atoms with E-state index in [1.54, 1.807) is 13.2 Å². The summed E-state index contributed by atoms with van der Waals surface area (Å²) in [4.78, 5) is 28.7. The summed E-state index contributed by atoms with van der Waals surface area (Å²) in [6.07, 6.45) is 2.20. The van der Waals surface area contributed by atoms with Crippen LogP contribution in [-0.4, -0.2) is 40.6 Å². The summed E-state index contributed by atoms with van der Waals surface area (Å²) in [6, 6.07) is 14.8. The van der Waals surface area contributed by atoms with Crippen LogP contribution < -0.4 is 5.32 Å². The average Bonchev–Trinajstić information content (AvgIpc) is 2.60. The van der Waals surface area contributed by atoms with Crippen LogP contribution in [0.1, 0.15) is 23.7 Å².